The molecule has 0 spiro atoms. The Morgan fingerprint density at radius 3 is 2.82 bits per heavy atom. The van der Waals surface area contributed by atoms with Crippen molar-refractivity contribution in [2.75, 3.05) is 0 Å². The number of benzene rings is 1. The minimum Gasteiger partial charge on any atom is -0.286 e. The van der Waals surface area contributed by atoms with E-state index in [9.17, 15) is 4.79 Å². The van der Waals surface area contributed by atoms with Crippen molar-refractivity contribution in [2.45, 2.75) is 0 Å². The average molecular weight is 225 g/mol. The fourth-order valence-electron chi connectivity index (χ4n) is 1.99. The summed E-state index contributed by atoms with van der Waals surface area (Å²) in [5.41, 5.74) is 2.30. The van der Waals surface area contributed by atoms with Crippen molar-refractivity contribution in [3.63, 3.8) is 0 Å². The number of rotatable bonds is 0. The molecular formula is C10H5N6O+. The predicted octanol–water partition coefficient (Wildman–Crippen LogP) is -0.455. The van der Waals surface area contributed by atoms with Crippen molar-refractivity contribution in [2.24, 2.45) is 0 Å². The third-order valence-electron chi connectivity index (χ3n) is 2.74. The Bertz CT molecular complexity index is 777. The van der Waals surface area contributed by atoms with Gasteiger partial charge in [-0.25, -0.2) is 0 Å². The van der Waals surface area contributed by atoms with Crippen molar-refractivity contribution in [1.82, 2.24) is 25.6 Å². The number of aromatic amines is 1. The quantitative estimate of drug-likeness (QED) is 0.409. The molecule has 7 heteroatoms. The van der Waals surface area contributed by atoms with Crippen LogP contribution in [0.2, 0.25) is 0 Å². The van der Waals surface area contributed by atoms with Crippen molar-refractivity contribution in [3.8, 4) is 11.3 Å². The number of carbonyl (C=O) groups excluding carboxylic acids is 1. The summed E-state index contributed by atoms with van der Waals surface area (Å²) >= 11 is 0. The molecule has 7 nitrogen and oxygen atoms in total. The first kappa shape index (κ1) is 8.45. The Labute approximate surface area is 94.1 Å². The van der Waals surface area contributed by atoms with Crippen LogP contribution < -0.4 is 4.63 Å². The second kappa shape index (κ2) is 2.70. The van der Waals surface area contributed by atoms with Crippen LogP contribution in [0.3, 0.4) is 0 Å². The van der Waals surface area contributed by atoms with Gasteiger partial charge in [0.05, 0.1) is 10.3 Å². The molecule has 2 aromatic heterocycles. The van der Waals surface area contributed by atoms with Gasteiger partial charge in [-0.15, -0.1) is 0 Å². The molecule has 1 aliphatic rings. The van der Waals surface area contributed by atoms with Gasteiger partial charge in [-0.05, 0) is 0 Å². The number of carbonyl (C=O) groups is 1. The van der Waals surface area contributed by atoms with Crippen LogP contribution >= 0.6 is 0 Å². The topological polar surface area (TPSA) is 88.5 Å². The molecule has 0 amide bonds. The van der Waals surface area contributed by atoms with Crippen LogP contribution in [0.1, 0.15) is 16.1 Å². The van der Waals surface area contributed by atoms with Gasteiger partial charge in [-0.3, -0.25) is 4.79 Å². The number of hydrogen-bond acceptors (Lipinski definition) is 5. The number of fused-ring (bicyclic) bond motifs is 4. The molecule has 0 saturated carbocycles. The van der Waals surface area contributed by atoms with E-state index in [2.05, 4.69) is 25.6 Å². The highest BCUT2D eigenvalue weighted by Gasteiger charge is 2.33. The van der Waals surface area contributed by atoms with E-state index < -0.39 is 0 Å². The van der Waals surface area contributed by atoms with E-state index in [0.717, 1.165) is 5.56 Å². The van der Waals surface area contributed by atoms with Crippen LogP contribution in [0.5, 0.6) is 0 Å². The molecule has 17 heavy (non-hydrogen) atoms. The molecule has 0 aliphatic heterocycles. The smallest absolute Gasteiger partial charge is 0.286 e. The third kappa shape index (κ3) is 0.949. The minimum absolute atomic E-state index is 0.117. The van der Waals surface area contributed by atoms with Gasteiger partial charge in [0.15, 0.2) is 0 Å². The van der Waals surface area contributed by atoms with Gasteiger partial charge in [-0.2, -0.15) is 0 Å². The number of H-pyrrole nitrogens is 1. The Morgan fingerprint density at radius 2 is 1.94 bits per heavy atom. The molecule has 1 aliphatic carbocycles. The highest BCUT2D eigenvalue weighted by molar-refractivity contribution is 6.19. The average Bonchev–Trinajstić information content (AvgIpc) is 2.92. The molecule has 0 radical (unpaired) electrons. The molecule has 3 aromatic rings. The summed E-state index contributed by atoms with van der Waals surface area (Å²) in [6, 6.07) is 7.30. The Hall–Kier alpha value is -2.70. The van der Waals surface area contributed by atoms with Gasteiger partial charge in [0.2, 0.25) is 11.5 Å². The molecule has 0 unspecified atom stereocenters. The van der Waals surface area contributed by atoms with E-state index in [-0.39, 0.29) is 11.6 Å². The molecule has 1 aromatic carbocycles. The number of hydrogen-bond donors (Lipinski definition) is 1. The van der Waals surface area contributed by atoms with Crippen LogP contribution in [0.15, 0.2) is 24.3 Å². The predicted molar refractivity (Wildman–Crippen MR) is 54.0 cm³/mol. The van der Waals surface area contributed by atoms with E-state index >= 15 is 0 Å². The first-order valence-electron chi connectivity index (χ1n) is 5.00. The molecule has 2 heterocycles. The second-order valence-corrected chi connectivity index (χ2v) is 3.68. The summed E-state index contributed by atoms with van der Waals surface area (Å²) in [6.45, 7) is 0. The summed E-state index contributed by atoms with van der Waals surface area (Å²) in [5.74, 6) is 0.165. The Kier molecular flexibility index (Phi) is 1.34. The molecule has 0 atom stereocenters. The minimum atomic E-state index is -0.117. The van der Waals surface area contributed by atoms with Crippen LogP contribution in [-0.4, -0.2) is 31.4 Å². The zero-order valence-corrected chi connectivity index (χ0v) is 8.45. The summed E-state index contributed by atoms with van der Waals surface area (Å²) in [6.07, 6.45) is 0. The molecule has 0 fully saturated rings. The molecule has 1 N–H and O–H groups in total. The SMILES string of the molecule is O=C1c2ccccc2-c2n[n+]3n[nH]nc3nc21. The normalized spacial score (nSPS) is 12.8. The van der Waals surface area contributed by atoms with Crippen LogP contribution in [0, 0.1) is 0 Å². The maximum Gasteiger partial charge on any atom is 0.459 e. The van der Waals surface area contributed by atoms with Gasteiger partial charge in [0.1, 0.15) is 5.69 Å². The van der Waals surface area contributed by atoms with E-state index in [1.54, 1.807) is 6.07 Å². The lowest BCUT2D eigenvalue weighted by atomic mass is 10.1. The number of ketones is 1. The third-order valence-corrected chi connectivity index (χ3v) is 2.74. The Morgan fingerprint density at radius 1 is 1.12 bits per heavy atom. The zero-order chi connectivity index (χ0) is 11.4. The molecule has 0 bridgehead atoms. The van der Waals surface area contributed by atoms with Crippen molar-refractivity contribution in [3.05, 3.63) is 35.5 Å². The second-order valence-electron chi connectivity index (χ2n) is 3.68. The summed E-state index contributed by atoms with van der Waals surface area (Å²) in [7, 11) is 0. The monoisotopic (exact) mass is 225 g/mol. The maximum absolute atomic E-state index is 12.1. The van der Waals surface area contributed by atoms with E-state index in [1.165, 1.54) is 4.63 Å². The van der Waals surface area contributed by atoms with Crippen molar-refractivity contribution < 1.29 is 9.42 Å². The lowest BCUT2D eigenvalue weighted by molar-refractivity contribution is -0.646. The van der Waals surface area contributed by atoms with E-state index in [4.69, 9.17) is 0 Å². The first-order valence-corrected chi connectivity index (χ1v) is 5.00. The largest absolute Gasteiger partial charge is 0.459 e. The lowest BCUT2D eigenvalue weighted by Crippen LogP contribution is -2.30. The van der Waals surface area contributed by atoms with Gasteiger partial charge in [0, 0.05) is 15.8 Å². The van der Waals surface area contributed by atoms with Gasteiger partial charge in [-0.1, -0.05) is 39.6 Å². The lowest BCUT2D eigenvalue weighted by Gasteiger charge is -1.93. The van der Waals surface area contributed by atoms with Crippen molar-refractivity contribution >= 4 is 11.6 Å². The molecule has 4 rings (SSSR count). The fraction of sp³-hybridized carbons (Fsp3) is 0. The van der Waals surface area contributed by atoms with E-state index in [1.807, 2.05) is 18.2 Å². The molecule has 80 valence electrons. The molecular weight excluding hydrogens is 220 g/mol. The maximum atomic E-state index is 12.1. The number of nitrogens with zero attached hydrogens (tertiary/aromatic N) is 5. The number of tetrazole rings is 1. The number of nitrogens with one attached hydrogen (secondary N) is 1. The Balaban J connectivity index is 2.16. The van der Waals surface area contributed by atoms with Crippen LogP contribution in [-0.2, 0) is 0 Å². The number of aromatic nitrogens is 6. The standard InChI is InChI=1S/C10H4N6O/c17-9-6-4-2-1-3-5(6)7-8(9)11-10-12-14-15-16(10)13-7/h1-4H/p+1. The summed E-state index contributed by atoms with van der Waals surface area (Å²) < 4.78 is 1.27. The molecule has 0 saturated heterocycles. The summed E-state index contributed by atoms with van der Waals surface area (Å²) in [5, 5.41) is 14.2. The van der Waals surface area contributed by atoms with Crippen LogP contribution in [0.25, 0.3) is 17.0 Å². The van der Waals surface area contributed by atoms with Crippen LogP contribution in [0.4, 0.5) is 0 Å². The van der Waals surface area contributed by atoms with E-state index in [0.29, 0.717) is 17.0 Å². The highest BCUT2D eigenvalue weighted by atomic mass is 16.1. The van der Waals surface area contributed by atoms with Gasteiger partial charge < -0.3 is 0 Å². The first-order chi connectivity index (χ1) is 8.34. The summed E-state index contributed by atoms with van der Waals surface area (Å²) in [4.78, 5) is 16.2. The van der Waals surface area contributed by atoms with Gasteiger partial charge >= 0.3 is 5.78 Å². The zero-order valence-electron chi connectivity index (χ0n) is 8.45. The highest BCUT2D eigenvalue weighted by Crippen LogP contribution is 2.32. The van der Waals surface area contributed by atoms with Crippen molar-refractivity contribution in [1.29, 1.82) is 0 Å². The van der Waals surface area contributed by atoms with Gasteiger partial charge in [0.25, 0.3) is 0 Å². The fourth-order valence-corrected chi connectivity index (χ4v) is 1.99.